The summed E-state index contributed by atoms with van der Waals surface area (Å²) in [5, 5.41) is 0. The SMILES string of the molecule is Cc1cc(CN)ccc1N(C)CC(C)C. The summed E-state index contributed by atoms with van der Waals surface area (Å²) < 4.78 is 0. The molecule has 0 fully saturated rings. The fourth-order valence-corrected chi connectivity index (χ4v) is 1.92. The number of aryl methyl sites for hydroxylation is 1. The first kappa shape index (κ1) is 12.1. The molecule has 1 rings (SSSR count). The minimum atomic E-state index is 0.620. The fraction of sp³-hybridized carbons (Fsp3) is 0.538. The van der Waals surface area contributed by atoms with Gasteiger partial charge in [0.1, 0.15) is 0 Å². The molecule has 0 saturated heterocycles. The maximum absolute atomic E-state index is 5.61. The summed E-state index contributed by atoms with van der Waals surface area (Å²) in [5.74, 6) is 0.684. The van der Waals surface area contributed by atoms with E-state index < -0.39 is 0 Å². The number of rotatable bonds is 4. The lowest BCUT2D eigenvalue weighted by Crippen LogP contribution is -2.23. The normalized spacial score (nSPS) is 10.8. The van der Waals surface area contributed by atoms with Gasteiger partial charge in [0.05, 0.1) is 0 Å². The van der Waals surface area contributed by atoms with E-state index >= 15 is 0 Å². The van der Waals surface area contributed by atoms with Crippen molar-refractivity contribution < 1.29 is 0 Å². The lowest BCUT2D eigenvalue weighted by atomic mass is 10.1. The van der Waals surface area contributed by atoms with Crippen LogP contribution in [0.1, 0.15) is 25.0 Å². The third kappa shape index (κ3) is 3.24. The minimum Gasteiger partial charge on any atom is -0.374 e. The molecule has 0 radical (unpaired) electrons. The molecule has 0 aliphatic heterocycles. The van der Waals surface area contributed by atoms with Gasteiger partial charge in [-0.2, -0.15) is 0 Å². The topological polar surface area (TPSA) is 29.3 Å². The Morgan fingerprint density at radius 1 is 1.33 bits per heavy atom. The first-order chi connectivity index (χ1) is 7.04. The largest absolute Gasteiger partial charge is 0.374 e. The maximum Gasteiger partial charge on any atom is 0.0393 e. The summed E-state index contributed by atoms with van der Waals surface area (Å²) in [4.78, 5) is 2.31. The van der Waals surface area contributed by atoms with Crippen LogP contribution in [0.25, 0.3) is 0 Å². The Hall–Kier alpha value is -1.02. The van der Waals surface area contributed by atoms with Gasteiger partial charge in [0, 0.05) is 25.8 Å². The van der Waals surface area contributed by atoms with Crippen LogP contribution in [0.4, 0.5) is 5.69 Å². The summed E-state index contributed by atoms with van der Waals surface area (Å²) in [6, 6.07) is 6.45. The molecule has 84 valence electrons. The number of benzene rings is 1. The van der Waals surface area contributed by atoms with E-state index in [-0.39, 0.29) is 0 Å². The molecule has 0 atom stereocenters. The maximum atomic E-state index is 5.61. The van der Waals surface area contributed by atoms with E-state index in [1.165, 1.54) is 16.8 Å². The predicted octanol–water partition coefficient (Wildman–Crippen LogP) is 2.55. The average Bonchev–Trinajstić information content (AvgIpc) is 2.16. The molecule has 0 heterocycles. The van der Waals surface area contributed by atoms with Crippen molar-refractivity contribution in [1.29, 1.82) is 0 Å². The molecule has 0 bridgehead atoms. The van der Waals surface area contributed by atoms with Crippen molar-refractivity contribution in [3.05, 3.63) is 29.3 Å². The lowest BCUT2D eigenvalue weighted by molar-refractivity contribution is 0.637. The molecule has 1 aromatic carbocycles. The molecule has 0 saturated carbocycles. The van der Waals surface area contributed by atoms with Crippen molar-refractivity contribution in [2.45, 2.75) is 27.3 Å². The monoisotopic (exact) mass is 206 g/mol. The first-order valence-corrected chi connectivity index (χ1v) is 5.55. The molecular formula is C13H22N2. The molecule has 2 heteroatoms. The molecule has 0 unspecified atom stereocenters. The molecule has 0 aromatic heterocycles. The molecular weight excluding hydrogens is 184 g/mol. The third-order valence-corrected chi connectivity index (χ3v) is 2.55. The second-order valence-electron chi connectivity index (χ2n) is 4.60. The van der Waals surface area contributed by atoms with Gasteiger partial charge in [-0.3, -0.25) is 0 Å². The van der Waals surface area contributed by atoms with Gasteiger partial charge in [-0.05, 0) is 30.0 Å². The molecule has 2 N–H and O–H groups in total. The van der Waals surface area contributed by atoms with Crippen LogP contribution in [0.15, 0.2) is 18.2 Å². The number of hydrogen-bond donors (Lipinski definition) is 1. The highest BCUT2D eigenvalue weighted by Crippen LogP contribution is 2.20. The summed E-state index contributed by atoms with van der Waals surface area (Å²) in [6.45, 7) is 8.32. The molecule has 2 nitrogen and oxygen atoms in total. The Labute approximate surface area is 93.1 Å². The molecule has 0 aliphatic carbocycles. The van der Waals surface area contributed by atoms with Gasteiger partial charge in [-0.15, -0.1) is 0 Å². The van der Waals surface area contributed by atoms with Crippen molar-refractivity contribution in [1.82, 2.24) is 0 Å². The predicted molar refractivity (Wildman–Crippen MR) is 67.2 cm³/mol. The summed E-state index contributed by atoms with van der Waals surface area (Å²) in [7, 11) is 2.14. The Bertz CT molecular complexity index is 318. The van der Waals surface area contributed by atoms with Crippen molar-refractivity contribution in [3.63, 3.8) is 0 Å². The van der Waals surface area contributed by atoms with E-state index in [1.807, 2.05) is 0 Å². The highest BCUT2D eigenvalue weighted by Gasteiger charge is 2.06. The second-order valence-corrected chi connectivity index (χ2v) is 4.60. The quantitative estimate of drug-likeness (QED) is 0.820. The van der Waals surface area contributed by atoms with Crippen LogP contribution in [0.3, 0.4) is 0 Å². The van der Waals surface area contributed by atoms with Crippen LogP contribution in [-0.2, 0) is 6.54 Å². The Morgan fingerprint density at radius 3 is 2.47 bits per heavy atom. The fourth-order valence-electron chi connectivity index (χ4n) is 1.92. The second kappa shape index (κ2) is 5.17. The van der Waals surface area contributed by atoms with Crippen molar-refractivity contribution in [2.75, 3.05) is 18.5 Å². The zero-order valence-corrected chi connectivity index (χ0v) is 10.2. The van der Waals surface area contributed by atoms with Gasteiger partial charge in [-0.1, -0.05) is 26.0 Å². The molecule has 1 aromatic rings. The third-order valence-electron chi connectivity index (χ3n) is 2.55. The standard InChI is InChI=1S/C13H22N2/c1-10(2)9-15(4)13-6-5-12(8-14)7-11(13)3/h5-7,10H,8-9,14H2,1-4H3. The zero-order valence-electron chi connectivity index (χ0n) is 10.2. The van der Waals surface area contributed by atoms with Crippen LogP contribution in [0.2, 0.25) is 0 Å². The molecule has 0 amide bonds. The highest BCUT2D eigenvalue weighted by atomic mass is 15.1. The number of nitrogens with two attached hydrogens (primary N) is 1. The zero-order chi connectivity index (χ0) is 11.4. The summed E-state index contributed by atoms with van der Waals surface area (Å²) >= 11 is 0. The molecule has 0 aliphatic rings. The van der Waals surface area contributed by atoms with E-state index in [2.05, 4.69) is 50.9 Å². The smallest absolute Gasteiger partial charge is 0.0393 e. The molecule has 0 spiro atoms. The number of hydrogen-bond acceptors (Lipinski definition) is 2. The van der Waals surface area contributed by atoms with Crippen molar-refractivity contribution in [2.24, 2.45) is 11.7 Å². The average molecular weight is 206 g/mol. The Balaban J connectivity index is 2.85. The van der Waals surface area contributed by atoms with E-state index in [9.17, 15) is 0 Å². The Kier molecular flexibility index (Phi) is 4.15. The van der Waals surface area contributed by atoms with Gasteiger partial charge in [0.15, 0.2) is 0 Å². The summed E-state index contributed by atoms with van der Waals surface area (Å²) in [6.07, 6.45) is 0. The van der Waals surface area contributed by atoms with Gasteiger partial charge in [0.25, 0.3) is 0 Å². The van der Waals surface area contributed by atoms with Crippen LogP contribution in [-0.4, -0.2) is 13.6 Å². The van der Waals surface area contributed by atoms with E-state index in [0.717, 1.165) is 6.54 Å². The molecule has 15 heavy (non-hydrogen) atoms. The Morgan fingerprint density at radius 2 is 2.00 bits per heavy atom. The van der Waals surface area contributed by atoms with Gasteiger partial charge in [-0.25, -0.2) is 0 Å². The van der Waals surface area contributed by atoms with Crippen LogP contribution in [0.5, 0.6) is 0 Å². The first-order valence-electron chi connectivity index (χ1n) is 5.55. The van der Waals surface area contributed by atoms with Crippen LogP contribution >= 0.6 is 0 Å². The minimum absolute atomic E-state index is 0.620. The number of anilines is 1. The number of nitrogens with zero attached hydrogens (tertiary/aromatic N) is 1. The van der Waals surface area contributed by atoms with Crippen LogP contribution < -0.4 is 10.6 Å². The van der Waals surface area contributed by atoms with Gasteiger partial charge < -0.3 is 10.6 Å². The van der Waals surface area contributed by atoms with Gasteiger partial charge in [0.2, 0.25) is 0 Å². The van der Waals surface area contributed by atoms with Gasteiger partial charge >= 0.3 is 0 Å². The van der Waals surface area contributed by atoms with Crippen molar-refractivity contribution in [3.8, 4) is 0 Å². The highest BCUT2D eigenvalue weighted by molar-refractivity contribution is 5.53. The van der Waals surface area contributed by atoms with E-state index in [0.29, 0.717) is 12.5 Å². The van der Waals surface area contributed by atoms with E-state index in [1.54, 1.807) is 0 Å². The lowest BCUT2D eigenvalue weighted by Gasteiger charge is -2.23. The summed E-state index contributed by atoms with van der Waals surface area (Å²) in [5.41, 5.74) is 9.43. The van der Waals surface area contributed by atoms with Crippen molar-refractivity contribution >= 4 is 5.69 Å². The van der Waals surface area contributed by atoms with Crippen LogP contribution in [0, 0.1) is 12.8 Å². The van der Waals surface area contributed by atoms with E-state index in [4.69, 9.17) is 5.73 Å².